The zero-order chi connectivity index (χ0) is 12.3. The van der Waals surface area contributed by atoms with E-state index in [2.05, 4.69) is 36.8 Å². The van der Waals surface area contributed by atoms with Crippen LogP contribution in [0, 0.1) is 0 Å². The van der Waals surface area contributed by atoms with Crippen molar-refractivity contribution < 1.29 is 9.84 Å². The summed E-state index contributed by atoms with van der Waals surface area (Å²) >= 11 is 8.40. The van der Waals surface area contributed by atoms with E-state index in [-0.39, 0.29) is 6.61 Å². The molecule has 0 unspecified atom stereocenters. The van der Waals surface area contributed by atoms with Crippen LogP contribution in [0.4, 0.5) is 0 Å². The summed E-state index contributed by atoms with van der Waals surface area (Å²) in [4.78, 5) is 5.05. The highest BCUT2D eigenvalue weighted by Crippen LogP contribution is 2.35. The molecule has 2 aromatic rings. The number of aromatic nitrogens is 1. The molecule has 17 heavy (non-hydrogen) atoms. The second kappa shape index (κ2) is 5.95. The number of hydrogen-bond donors (Lipinski definition) is 1. The second-order valence-electron chi connectivity index (χ2n) is 3.30. The summed E-state index contributed by atoms with van der Waals surface area (Å²) in [6, 6.07) is 3.68. The number of hydrogen-bond acceptors (Lipinski definition) is 4. The molecule has 0 amide bonds. The monoisotopic (exact) mass is 377 g/mol. The first-order chi connectivity index (χ1) is 8.20. The van der Waals surface area contributed by atoms with Crippen LogP contribution in [0.5, 0.6) is 5.75 Å². The van der Waals surface area contributed by atoms with Crippen LogP contribution in [0.3, 0.4) is 0 Å². The topological polar surface area (TPSA) is 42.4 Å². The third-order valence-electron chi connectivity index (χ3n) is 2.08. The van der Waals surface area contributed by atoms with E-state index in [1.54, 1.807) is 23.0 Å². The van der Waals surface area contributed by atoms with E-state index in [0.29, 0.717) is 6.61 Å². The minimum atomic E-state index is 0.00627. The van der Waals surface area contributed by atoms with Crippen LogP contribution < -0.4 is 4.74 Å². The minimum Gasteiger partial charge on any atom is -0.486 e. The number of rotatable bonds is 4. The van der Waals surface area contributed by atoms with Crippen molar-refractivity contribution in [1.82, 2.24) is 4.98 Å². The second-order valence-corrected chi connectivity index (χ2v) is 5.98. The van der Waals surface area contributed by atoms with E-state index >= 15 is 0 Å². The number of aliphatic hydroxyl groups excluding tert-OH is 1. The molecule has 0 atom stereocenters. The molecule has 0 spiro atoms. The predicted octanol–water partition coefficient (Wildman–Crippen LogP) is 3.74. The lowest BCUT2D eigenvalue weighted by Gasteiger charge is -2.10. The molecular formula is C11H9Br2NO2S. The van der Waals surface area contributed by atoms with Crippen LogP contribution in [0.2, 0.25) is 0 Å². The molecule has 0 aliphatic heterocycles. The van der Waals surface area contributed by atoms with E-state index < -0.39 is 0 Å². The molecule has 1 N–H and O–H groups in total. The number of halogens is 2. The lowest BCUT2D eigenvalue weighted by molar-refractivity contribution is 0.280. The molecule has 6 heteroatoms. The maximum absolute atomic E-state index is 9.07. The highest BCUT2D eigenvalue weighted by atomic mass is 79.9. The summed E-state index contributed by atoms with van der Waals surface area (Å²) in [5.74, 6) is 0.732. The molecular weight excluding hydrogens is 370 g/mol. The van der Waals surface area contributed by atoms with Crippen LogP contribution in [0.1, 0.15) is 10.4 Å². The smallest absolute Gasteiger partial charge is 0.148 e. The summed E-state index contributed by atoms with van der Waals surface area (Å²) in [6.07, 6.45) is 1.79. The van der Waals surface area contributed by atoms with Gasteiger partial charge in [0.25, 0.3) is 0 Å². The van der Waals surface area contributed by atoms with Gasteiger partial charge in [0.15, 0.2) is 0 Å². The van der Waals surface area contributed by atoms with Gasteiger partial charge in [-0.15, -0.1) is 11.3 Å². The first-order valence-electron chi connectivity index (χ1n) is 4.79. The number of thiazole rings is 1. The average Bonchev–Trinajstić information content (AvgIpc) is 2.80. The maximum atomic E-state index is 9.07. The van der Waals surface area contributed by atoms with Crippen LogP contribution in [0.25, 0.3) is 0 Å². The molecule has 3 nitrogen and oxygen atoms in total. The van der Waals surface area contributed by atoms with Crippen LogP contribution in [-0.2, 0) is 13.2 Å². The molecule has 0 fully saturated rings. The molecule has 0 radical (unpaired) electrons. The fraction of sp³-hybridized carbons (Fsp3) is 0.182. The molecule has 1 aromatic carbocycles. The van der Waals surface area contributed by atoms with Crippen molar-refractivity contribution in [3.63, 3.8) is 0 Å². The Labute approximate surface area is 120 Å². The van der Waals surface area contributed by atoms with Crippen molar-refractivity contribution in [3.8, 4) is 5.75 Å². The van der Waals surface area contributed by atoms with Crippen molar-refractivity contribution in [2.24, 2.45) is 0 Å². The van der Waals surface area contributed by atoms with Gasteiger partial charge in [-0.2, -0.15) is 0 Å². The number of aliphatic hydroxyl groups is 1. The van der Waals surface area contributed by atoms with Gasteiger partial charge in [-0.05, 0) is 49.6 Å². The van der Waals surface area contributed by atoms with Crippen molar-refractivity contribution in [1.29, 1.82) is 0 Å². The van der Waals surface area contributed by atoms with Crippen LogP contribution in [0.15, 0.2) is 32.8 Å². The molecule has 0 bridgehead atoms. The Balaban J connectivity index is 2.15. The van der Waals surface area contributed by atoms with Gasteiger partial charge >= 0.3 is 0 Å². The zero-order valence-electron chi connectivity index (χ0n) is 8.69. The Morgan fingerprint density at radius 2 is 2.00 bits per heavy atom. The average molecular weight is 379 g/mol. The van der Waals surface area contributed by atoms with Crippen molar-refractivity contribution in [2.45, 2.75) is 13.2 Å². The Morgan fingerprint density at radius 3 is 2.53 bits per heavy atom. The maximum Gasteiger partial charge on any atom is 0.148 e. The van der Waals surface area contributed by atoms with Gasteiger partial charge in [-0.1, -0.05) is 0 Å². The molecule has 0 aliphatic rings. The molecule has 1 aromatic heterocycles. The normalized spacial score (nSPS) is 10.5. The summed E-state index contributed by atoms with van der Waals surface area (Å²) in [5.41, 5.74) is 2.60. The van der Waals surface area contributed by atoms with Gasteiger partial charge in [0, 0.05) is 6.20 Å². The van der Waals surface area contributed by atoms with Crippen molar-refractivity contribution in [3.05, 3.63) is 43.2 Å². The van der Waals surface area contributed by atoms with Gasteiger partial charge in [0.05, 0.1) is 25.9 Å². The molecule has 0 saturated heterocycles. The van der Waals surface area contributed by atoms with Gasteiger partial charge in [-0.3, -0.25) is 4.98 Å². The van der Waals surface area contributed by atoms with E-state index in [0.717, 1.165) is 25.1 Å². The standard InChI is InChI=1S/C11H9Br2NO2S/c12-9-1-7(4-15)2-10(13)11(9)16-5-8-3-14-6-17-8/h1-3,6,15H,4-5H2. The van der Waals surface area contributed by atoms with Gasteiger partial charge < -0.3 is 9.84 Å². The van der Waals surface area contributed by atoms with Gasteiger partial charge in [0.1, 0.15) is 12.4 Å². The highest BCUT2D eigenvalue weighted by Gasteiger charge is 2.09. The van der Waals surface area contributed by atoms with E-state index in [1.807, 2.05) is 12.1 Å². The molecule has 2 rings (SSSR count). The fourth-order valence-electron chi connectivity index (χ4n) is 1.30. The Hall–Kier alpha value is -0.430. The minimum absolute atomic E-state index is 0.00627. The quantitative estimate of drug-likeness (QED) is 0.881. The summed E-state index contributed by atoms with van der Waals surface area (Å²) in [6.45, 7) is 0.493. The summed E-state index contributed by atoms with van der Waals surface area (Å²) in [7, 11) is 0. The predicted molar refractivity (Wildman–Crippen MR) is 74.2 cm³/mol. The zero-order valence-corrected chi connectivity index (χ0v) is 12.7. The van der Waals surface area contributed by atoms with Crippen molar-refractivity contribution in [2.75, 3.05) is 0 Å². The van der Waals surface area contributed by atoms with E-state index in [9.17, 15) is 0 Å². The molecule has 0 aliphatic carbocycles. The Bertz CT molecular complexity index is 479. The summed E-state index contributed by atoms with van der Waals surface area (Å²) < 4.78 is 7.35. The lowest BCUT2D eigenvalue weighted by Crippen LogP contribution is -1.96. The van der Waals surface area contributed by atoms with Crippen molar-refractivity contribution >= 4 is 43.2 Å². The molecule has 1 heterocycles. The van der Waals surface area contributed by atoms with E-state index in [4.69, 9.17) is 9.84 Å². The first kappa shape index (κ1) is 13.0. The first-order valence-corrected chi connectivity index (χ1v) is 7.26. The Kier molecular flexibility index (Phi) is 4.55. The fourth-order valence-corrected chi connectivity index (χ4v) is 3.31. The SMILES string of the molecule is OCc1cc(Br)c(OCc2cncs2)c(Br)c1. The lowest BCUT2D eigenvalue weighted by atomic mass is 10.2. The summed E-state index contributed by atoms with van der Waals surface area (Å²) in [5, 5.41) is 9.07. The Morgan fingerprint density at radius 1 is 1.29 bits per heavy atom. The van der Waals surface area contributed by atoms with Gasteiger partial charge in [0.2, 0.25) is 0 Å². The highest BCUT2D eigenvalue weighted by molar-refractivity contribution is 9.11. The third-order valence-corrected chi connectivity index (χ3v) is 4.01. The van der Waals surface area contributed by atoms with E-state index in [1.165, 1.54) is 0 Å². The third kappa shape index (κ3) is 3.28. The number of benzene rings is 1. The molecule has 0 saturated carbocycles. The van der Waals surface area contributed by atoms with Gasteiger partial charge in [-0.25, -0.2) is 0 Å². The van der Waals surface area contributed by atoms with Crippen LogP contribution in [-0.4, -0.2) is 10.1 Å². The van der Waals surface area contributed by atoms with Crippen LogP contribution >= 0.6 is 43.2 Å². The number of nitrogens with zero attached hydrogens (tertiary/aromatic N) is 1. The molecule has 90 valence electrons. The largest absolute Gasteiger partial charge is 0.486 e. The number of ether oxygens (including phenoxy) is 1.